The average molecular weight is 250 g/mol. The van der Waals surface area contributed by atoms with Crippen molar-refractivity contribution in [2.75, 3.05) is 0 Å². The molecule has 0 saturated heterocycles. The Labute approximate surface area is 113 Å². The minimum atomic E-state index is 0.496. The van der Waals surface area contributed by atoms with E-state index in [4.69, 9.17) is 0 Å². The second-order valence-corrected chi connectivity index (χ2v) is 5.82. The number of Topliss-reactive ketones (excluding diaryl/α,β-unsaturated/α-hetero) is 1. The minimum Gasteiger partial charge on any atom is -0.300 e. The van der Waals surface area contributed by atoms with Crippen molar-refractivity contribution in [3.8, 4) is 0 Å². The Morgan fingerprint density at radius 1 is 0.556 bits per heavy atom. The van der Waals surface area contributed by atoms with E-state index in [1.807, 2.05) is 0 Å². The molecule has 0 bridgehead atoms. The van der Waals surface area contributed by atoms with Crippen LogP contribution in [0.4, 0.5) is 0 Å². The first-order valence-electron chi connectivity index (χ1n) is 7.97. The standard InChI is InChI=1S/C17H30O/c1-16-12-8-4-2-6-10-14-17(18)15-11-7-3-5-9-13-16/h1-15H2. The summed E-state index contributed by atoms with van der Waals surface area (Å²) in [5, 5.41) is 0. The van der Waals surface area contributed by atoms with Crippen LogP contribution in [0.1, 0.15) is 89.9 Å². The molecule has 0 radical (unpaired) electrons. The molecule has 0 aliphatic heterocycles. The van der Waals surface area contributed by atoms with Gasteiger partial charge in [-0.05, 0) is 38.5 Å². The van der Waals surface area contributed by atoms with Gasteiger partial charge in [0.15, 0.2) is 0 Å². The van der Waals surface area contributed by atoms with Crippen molar-refractivity contribution in [1.29, 1.82) is 0 Å². The normalized spacial score (nSPS) is 22.9. The Bertz CT molecular complexity index is 196. The largest absolute Gasteiger partial charge is 0.300 e. The van der Waals surface area contributed by atoms with Crippen LogP contribution in [0.5, 0.6) is 0 Å². The fourth-order valence-corrected chi connectivity index (χ4v) is 2.70. The van der Waals surface area contributed by atoms with Crippen LogP contribution < -0.4 is 0 Å². The Morgan fingerprint density at radius 2 is 0.889 bits per heavy atom. The Kier molecular flexibility index (Phi) is 8.89. The number of carbonyl (C=O) groups is 1. The van der Waals surface area contributed by atoms with Gasteiger partial charge in [-0.15, -0.1) is 0 Å². The lowest BCUT2D eigenvalue weighted by atomic mass is 9.99. The maximum atomic E-state index is 11.6. The summed E-state index contributed by atoms with van der Waals surface area (Å²) < 4.78 is 0. The lowest BCUT2D eigenvalue weighted by Gasteiger charge is -2.07. The van der Waals surface area contributed by atoms with E-state index >= 15 is 0 Å². The van der Waals surface area contributed by atoms with Gasteiger partial charge in [0.1, 0.15) is 5.78 Å². The topological polar surface area (TPSA) is 17.1 Å². The first-order chi connectivity index (χ1) is 8.79. The first kappa shape index (κ1) is 15.5. The Hall–Kier alpha value is -0.590. The molecule has 0 amide bonds. The van der Waals surface area contributed by atoms with Crippen molar-refractivity contribution in [3.63, 3.8) is 0 Å². The summed E-state index contributed by atoms with van der Waals surface area (Å²) in [5.41, 5.74) is 1.46. The van der Waals surface area contributed by atoms with Crippen molar-refractivity contribution >= 4 is 5.78 Å². The highest BCUT2D eigenvalue weighted by atomic mass is 16.1. The molecule has 1 nitrogen and oxygen atoms in total. The van der Waals surface area contributed by atoms with Gasteiger partial charge in [0, 0.05) is 12.8 Å². The number of rotatable bonds is 0. The highest BCUT2D eigenvalue weighted by Crippen LogP contribution is 2.17. The minimum absolute atomic E-state index is 0.496. The van der Waals surface area contributed by atoms with Crippen LogP contribution in [0, 0.1) is 0 Å². The fraction of sp³-hybridized carbons (Fsp3) is 0.824. The number of carbonyl (C=O) groups excluding carboxylic acids is 1. The molecule has 18 heavy (non-hydrogen) atoms. The van der Waals surface area contributed by atoms with Crippen LogP contribution in [0.25, 0.3) is 0 Å². The van der Waals surface area contributed by atoms with Crippen LogP contribution in [0.2, 0.25) is 0 Å². The van der Waals surface area contributed by atoms with Gasteiger partial charge in [-0.2, -0.15) is 0 Å². The number of ketones is 1. The van der Waals surface area contributed by atoms with E-state index in [1.165, 1.54) is 69.8 Å². The highest BCUT2D eigenvalue weighted by molar-refractivity contribution is 5.78. The van der Waals surface area contributed by atoms with Crippen molar-refractivity contribution in [1.82, 2.24) is 0 Å². The summed E-state index contributed by atoms with van der Waals surface area (Å²) in [7, 11) is 0. The van der Waals surface area contributed by atoms with Gasteiger partial charge in [-0.25, -0.2) is 0 Å². The number of hydrogen-bond acceptors (Lipinski definition) is 1. The molecule has 0 aromatic carbocycles. The van der Waals surface area contributed by atoms with Crippen molar-refractivity contribution < 1.29 is 4.79 Å². The maximum absolute atomic E-state index is 11.6. The van der Waals surface area contributed by atoms with Crippen molar-refractivity contribution in [3.05, 3.63) is 12.2 Å². The summed E-state index contributed by atoms with van der Waals surface area (Å²) in [5.74, 6) is 0.496. The molecule has 0 aromatic heterocycles. The van der Waals surface area contributed by atoms with Gasteiger partial charge in [-0.3, -0.25) is 4.79 Å². The molecule has 0 unspecified atom stereocenters. The summed E-state index contributed by atoms with van der Waals surface area (Å²) in [6.07, 6.45) is 16.6. The first-order valence-corrected chi connectivity index (χ1v) is 7.97. The molecule has 0 aromatic rings. The zero-order chi connectivity index (χ0) is 13.1. The van der Waals surface area contributed by atoms with Gasteiger partial charge in [0.05, 0.1) is 0 Å². The predicted molar refractivity (Wildman–Crippen MR) is 78.8 cm³/mol. The predicted octanol–water partition coefficient (Wildman–Crippen LogP) is 5.59. The smallest absolute Gasteiger partial charge is 0.132 e. The average Bonchev–Trinajstić information content (AvgIpc) is 2.35. The van der Waals surface area contributed by atoms with E-state index in [0.29, 0.717) is 5.78 Å². The van der Waals surface area contributed by atoms with E-state index in [2.05, 4.69) is 6.58 Å². The zero-order valence-electron chi connectivity index (χ0n) is 12.0. The Balaban J connectivity index is 2.21. The molecular weight excluding hydrogens is 220 g/mol. The zero-order valence-corrected chi connectivity index (χ0v) is 12.0. The van der Waals surface area contributed by atoms with Gasteiger partial charge in [-0.1, -0.05) is 50.7 Å². The van der Waals surface area contributed by atoms with Gasteiger partial charge < -0.3 is 0 Å². The van der Waals surface area contributed by atoms with E-state index in [0.717, 1.165) is 25.7 Å². The third-order valence-corrected chi connectivity index (χ3v) is 3.97. The molecule has 1 aliphatic rings. The summed E-state index contributed by atoms with van der Waals surface area (Å²) in [6.45, 7) is 4.18. The maximum Gasteiger partial charge on any atom is 0.132 e. The summed E-state index contributed by atoms with van der Waals surface area (Å²) in [6, 6.07) is 0. The van der Waals surface area contributed by atoms with E-state index in [1.54, 1.807) is 0 Å². The second kappa shape index (κ2) is 10.3. The van der Waals surface area contributed by atoms with Crippen LogP contribution in [0.3, 0.4) is 0 Å². The molecule has 1 fully saturated rings. The van der Waals surface area contributed by atoms with Gasteiger partial charge in [0.25, 0.3) is 0 Å². The quantitative estimate of drug-likeness (QED) is 0.512. The third-order valence-electron chi connectivity index (χ3n) is 3.97. The lowest BCUT2D eigenvalue weighted by molar-refractivity contribution is -0.119. The Morgan fingerprint density at radius 3 is 1.33 bits per heavy atom. The molecule has 0 N–H and O–H groups in total. The van der Waals surface area contributed by atoms with Crippen molar-refractivity contribution in [2.45, 2.75) is 89.9 Å². The number of allylic oxidation sites excluding steroid dienone is 1. The number of hydrogen-bond donors (Lipinski definition) is 0. The molecule has 0 heterocycles. The molecule has 1 rings (SSSR count). The molecule has 104 valence electrons. The SMILES string of the molecule is C=C1CCCCCCCC(=O)CCCCCCC1. The van der Waals surface area contributed by atoms with Crippen LogP contribution in [-0.2, 0) is 4.79 Å². The van der Waals surface area contributed by atoms with E-state index in [9.17, 15) is 4.79 Å². The van der Waals surface area contributed by atoms with Gasteiger partial charge in [0.2, 0.25) is 0 Å². The summed E-state index contributed by atoms with van der Waals surface area (Å²) >= 11 is 0. The highest BCUT2D eigenvalue weighted by Gasteiger charge is 2.03. The van der Waals surface area contributed by atoms with Crippen LogP contribution in [-0.4, -0.2) is 5.78 Å². The van der Waals surface area contributed by atoms with Crippen LogP contribution >= 0.6 is 0 Å². The monoisotopic (exact) mass is 250 g/mol. The molecule has 0 spiro atoms. The lowest BCUT2D eigenvalue weighted by Crippen LogP contribution is -1.98. The molecule has 1 aliphatic carbocycles. The van der Waals surface area contributed by atoms with E-state index in [-0.39, 0.29) is 0 Å². The fourth-order valence-electron chi connectivity index (χ4n) is 2.70. The molecular formula is C17H30O. The molecule has 1 heteroatoms. The van der Waals surface area contributed by atoms with Gasteiger partial charge >= 0.3 is 0 Å². The molecule has 1 saturated carbocycles. The third kappa shape index (κ3) is 8.49. The second-order valence-electron chi connectivity index (χ2n) is 5.82. The van der Waals surface area contributed by atoms with Crippen molar-refractivity contribution in [2.24, 2.45) is 0 Å². The van der Waals surface area contributed by atoms with Crippen LogP contribution in [0.15, 0.2) is 12.2 Å². The van der Waals surface area contributed by atoms with E-state index < -0.39 is 0 Å². The summed E-state index contributed by atoms with van der Waals surface area (Å²) in [4.78, 5) is 11.6. The molecule has 0 atom stereocenters.